The second kappa shape index (κ2) is 4.66. The highest BCUT2D eigenvalue weighted by Gasteiger charge is 2.58. The molecule has 1 aliphatic carbocycles. The molecule has 1 saturated carbocycles. The first-order valence-corrected chi connectivity index (χ1v) is 7.69. The average molecular weight is 293 g/mol. The van der Waals surface area contributed by atoms with Crippen molar-refractivity contribution in [3.8, 4) is 0 Å². The van der Waals surface area contributed by atoms with Crippen LogP contribution in [0.2, 0.25) is 0 Å². The van der Waals surface area contributed by atoms with E-state index in [1.807, 2.05) is 0 Å². The Balaban J connectivity index is 2.62. The molecule has 2 N–H and O–H groups in total. The van der Waals surface area contributed by atoms with Crippen LogP contribution in [0.4, 0.5) is 4.79 Å². The maximum atomic E-state index is 11.5. The van der Waals surface area contributed by atoms with E-state index >= 15 is 0 Å². The number of carboxylic acid groups (broad SMARTS) is 1. The zero-order chi connectivity index (χ0) is 15.1. The number of aliphatic carboxylic acids is 1. The molecule has 0 aromatic heterocycles. The van der Waals surface area contributed by atoms with Crippen LogP contribution in [0.15, 0.2) is 0 Å². The van der Waals surface area contributed by atoms with E-state index in [9.17, 15) is 18.0 Å². The molecule has 0 bridgehead atoms. The van der Waals surface area contributed by atoms with Crippen molar-refractivity contribution in [1.82, 2.24) is 5.32 Å². The smallest absolute Gasteiger partial charge is 0.407 e. The lowest BCUT2D eigenvalue weighted by Crippen LogP contribution is -2.63. The van der Waals surface area contributed by atoms with Crippen LogP contribution in [0.25, 0.3) is 0 Å². The first-order chi connectivity index (χ1) is 8.37. The summed E-state index contributed by atoms with van der Waals surface area (Å²) in [6, 6.07) is -0.499. The van der Waals surface area contributed by atoms with Crippen molar-refractivity contribution < 1.29 is 27.9 Å². The van der Waals surface area contributed by atoms with Gasteiger partial charge in [0.05, 0.1) is 0 Å². The number of hydrogen-bond acceptors (Lipinski definition) is 5. The molecule has 0 aliphatic heterocycles. The summed E-state index contributed by atoms with van der Waals surface area (Å²) >= 11 is 0. The van der Waals surface area contributed by atoms with Gasteiger partial charge in [-0.2, -0.15) is 0 Å². The van der Waals surface area contributed by atoms with E-state index < -0.39 is 38.3 Å². The third-order valence-corrected chi connectivity index (χ3v) is 4.90. The quantitative estimate of drug-likeness (QED) is 0.786. The molecule has 0 saturated heterocycles. The molecule has 0 unspecified atom stereocenters. The number of carbonyl (C=O) groups is 2. The van der Waals surface area contributed by atoms with E-state index in [4.69, 9.17) is 9.84 Å². The van der Waals surface area contributed by atoms with E-state index in [-0.39, 0.29) is 12.8 Å². The molecule has 1 rings (SSSR count). The molecule has 0 spiro atoms. The Morgan fingerprint density at radius 2 is 1.79 bits per heavy atom. The summed E-state index contributed by atoms with van der Waals surface area (Å²) in [6.07, 6.45) is -0.0592. The molecular weight excluding hydrogens is 274 g/mol. The van der Waals surface area contributed by atoms with Crippen molar-refractivity contribution in [1.29, 1.82) is 0 Å². The number of nitrogens with one attached hydrogen (secondary N) is 1. The third kappa shape index (κ3) is 3.37. The van der Waals surface area contributed by atoms with Crippen molar-refractivity contribution in [3.63, 3.8) is 0 Å². The van der Waals surface area contributed by atoms with Gasteiger partial charge in [0.1, 0.15) is 5.60 Å². The second-order valence-corrected chi connectivity index (χ2v) is 8.15. The standard InChI is InChI=1S/C11H19NO6S/c1-10(2,3)18-9(15)12-7-5-11(6-7,8(13)14)19(4,16)17/h7H,5-6H2,1-4H3,(H,12,15)(H,13,14). The van der Waals surface area contributed by atoms with Gasteiger partial charge in [-0.25, -0.2) is 13.2 Å². The van der Waals surface area contributed by atoms with Gasteiger partial charge in [-0.05, 0) is 33.6 Å². The van der Waals surface area contributed by atoms with Gasteiger partial charge >= 0.3 is 12.1 Å². The number of hydrogen-bond donors (Lipinski definition) is 2. The molecule has 0 aromatic carbocycles. The minimum absolute atomic E-state index is 0.138. The zero-order valence-corrected chi connectivity index (χ0v) is 12.2. The Kier molecular flexibility index (Phi) is 3.86. The highest BCUT2D eigenvalue weighted by atomic mass is 32.2. The lowest BCUT2D eigenvalue weighted by Gasteiger charge is -2.42. The maximum absolute atomic E-state index is 11.5. The Bertz CT molecular complexity index is 484. The van der Waals surface area contributed by atoms with Crippen LogP contribution in [0.1, 0.15) is 33.6 Å². The maximum Gasteiger partial charge on any atom is 0.407 e. The van der Waals surface area contributed by atoms with Gasteiger partial charge in [0.15, 0.2) is 14.6 Å². The van der Waals surface area contributed by atoms with Gasteiger partial charge in [0.25, 0.3) is 0 Å². The molecule has 0 aromatic rings. The fourth-order valence-corrected chi connectivity index (χ4v) is 3.27. The molecule has 1 aliphatic rings. The summed E-state index contributed by atoms with van der Waals surface area (Å²) < 4.78 is 26.3. The molecule has 1 fully saturated rings. The fourth-order valence-electron chi connectivity index (χ4n) is 1.95. The topological polar surface area (TPSA) is 110 Å². The minimum atomic E-state index is -3.72. The highest BCUT2D eigenvalue weighted by molar-refractivity contribution is 7.93. The molecule has 19 heavy (non-hydrogen) atoms. The van der Waals surface area contributed by atoms with E-state index in [0.717, 1.165) is 6.26 Å². The number of ether oxygens (including phenoxy) is 1. The van der Waals surface area contributed by atoms with Crippen molar-refractivity contribution in [2.75, 3.05) is 6.26 Å². The van der Waals surface area contributed by atoms with Gasteiger partial charge in [-0.1, -0.05) is 0 Å². The molecule has 7 nitrogen and oxygen atoms in total. The van der Waals surface area contributed by atoms with Gasteiger partial charge in [-0.3, -0.25) is 4.79 Å². The van der Waals surface area contributed by atoms with Crippen molar-refractivity contribution >= 4 is 21.9 Å². The third-order valence-electron chi connectivity index (χ3n) is 2.97. The summed E-state index contributed by atoms with van der Waals surface area (Å²) in [5, 5.41) is 11.5. The first-order valence-electron chi connectivity index (χ1n) is 5.80. The number of rotatable bonds is 3. The summed E-state index contributed by atoms with van der Waals surface area (Å²) in [6.45, 7) is 5.10. The number of amides is 1. The molecule has 0 radical (unpaired) electrons. The van der Waals surface area contributed by atoms with Crippen LogP contribution in [0.5, 0.6) is 0 Å². The number of carbonyl (C=O) groups excluding carboxylic acids is 1. The summed E-state index contributed by atoms with van der Waals surface area (Å²) in [4.78, 5) is 22.5. The average Bonchev–Trinajstić information content (AvgIpc) is 2.03. The fraction of sp³-hybridized carbons (Fsp3) is 0.818. The van der Waals surface area contributed by atoms with Crippen molar-refractivity contribution in [2.45, 2.75) is 50.0 Å². The van der Waals surface area contributed by atoms with Crippen LogP contribution in [-0.2, 0) is 19.4 Å². The van der Waals surface area contributed by atoms with Crippen LogP contribution >= 0.6 is 0 Å². The normalized spacial score (nSPS) is 27.3. The Morgan fingerprint density at radius 1 is 1.32 bits per heavy atom. The second-order valence-electron chi connectivity index (χ2n) is 5.82. The highest BCUT2D eigenvalue weighted by Crippen LogP contribution is 2.39. The number of alkyl carbamates (subject to hydrolysis) is 1. The van der Waals surface area contributed by atoms with E-state index in [1.54, 1.807) is 20.8 Å². The van der Waals surface area contributed by atoms with E-state index in [0.29, 0.717) is 0 Å². The van der Waals surface area contributed by atoms with Crippen LogP contribution in [-0.4, -0.2) is 48.2 Å². The Labute approximate surface area is 112 Å². The van der Waals surface area contributed by atoms with Crippen molar-refractivity contribution in [3.05, 3.63) is 0 Å². The summed E-state index contributed by atoms with van der Waals surface area (Å²) in [7, 11) is -3.72. The van der Waals surface area contributed by atoms with E-state index in [2.05, 4.69) is 5.32 Å². The SMILES string of the molecule is CC(C)(C)OC(=O)NC1CC(C(=O)O)(S(C)(=O)=O)C1. The van der Waals surface area contributed by atoms with Crippen molar-refractivity contribution in [2.24, 2.45) is 0 Å². The summed E-state index contributed by atoms with van der Waals surface area (Å²) in [5.41, 5.74) is -0.658. The molecule has 8 heteroatoms. The first kappa shape index (κ1) is 15.7. The van der Waals surface area contributed by atoms with Gasteiger partial charge in [0.2, 0.25) is 0 Å². The van der Waals surface area contributed by atoms with Crippen LogP contribution < -0.4 is 5.32 Å². The monoisotopic (exact) mass is 293 g/mol. The zero-order valence-electron chi connectivity index (χ0n) is 11.4. The van der Waals surface area contributed by atoms with Gasteiger partial charge in [-0.15, -0.1) is 0 Å². The van der Waals surface area contributed by atoms with Gasteiger partial charge in [0, 0.05) is 12.3 Å². The predicted molar refractivity (Wildman–Crippen MR) is 67.6 cm³/mol. The lowest BCUT2D eigenvalue weighted by atomic mass is 9.79. The molecular formula is C11H19NO6S. The van der Waals surface area contributed by atoms with Crippen LogP contribution in [0.3, 0.4) is 0 Å². The Morgan fingerprint density at radius 3 is 2.11 bits per heavy atom. The summed E-state index contributed by atoms with van der Waals surface area (Å²) in [5.74, 6) is -1.38. The van der Waals surface area contributed by atoms with E-state index in [1.165, 1.54) is 0 Å². The Hall–Kier alpha value is -1.31. The minimum Gasteiger partial charge on any atom is -0.480 e. The molecule has 0 heterocycles. The molecule has 1 amide bonds. The van der Waals surface area contributed by atoms with Gasteiger partial charge < -0.3 is 15.2 Å². The molecule has 110 valence electrons. The number of sulfone groups is 1. The van der Waals surface area contributed by atoms with Crippen LogP contribution in [0, 0.1) is 0 Å². The number of carboxylic acids is 1. The molecule has 0 atom stereocenters. The largest absolute Gasteiger partial charge is 0.480 e. The predicted octanol–water partition coefficient (Wildman–Crippen LogP) is 0.541. The lowest BCUT2D eigenvalue weighted by molar-refractivity contribution is -0.143.